The molecule has 0 radical (unpaired) electrons. The highest BCUT2D eigenvalue weighted by molar-refractivity contribution is 5.67. The van der Waals surface area contributed by atoms with E-state index >= 15 is 0 Å². The third kappa shape index (κ3) is 5.23. The van der Waals surface area contributed by atoms with Crippen molar-refractivity contribution in [3.8, 4) is 0 Å². The molecule has 2 N–H and O–H groups in total. The van der Waals surface area contributed by atoms with Crippen LogP contribution in [0.25, 0.3) is 0 Å². The van der Waals surface area contributed by atoms with E-state index < -0.39 is 0 Å². The van der Waals surface area contributed by atoms with Crippen LogP contribution < -0.4 is 5.32 Å². The largest absolute Gasteiger partial charge is 0.450 e. The molecule has 5 nitrogen and oxygen atoms in total. The third-order valence-electron chi connectivity index (χ3n) is 3.32. The molecule has 0 saturated carbocycles. The summed E-state index contributed by atoms with van der Waals surface area (Å²) in [4.78, 5) is 13.7. The molecule has 0 aromatic heterocycles. The zero-order chi connectivity index (χ0) is 13.4. The minimum absolute atomic E-state index is 0.140. The van der Waals surface area contributed by atoms with E-state index in [9.17, 15) is 4.79 Å². The third-order valence-corrected chi connectivity index (χ3v) is 3.32. The summed E-state index contributed by atoms with van der Waals surface area (Å²) < 4.78 is 4.92. The Hall–Kier alpha value is -0.810. The van der Waals surface area contributed by atoms with Crippen molar-refractivity contribution in [2.45, 2.75) is 39.2 Å². The molecular formula is C13H26N2O3. The molecule has 1 aliphatic heterocycles. The number of amides is 1. The van der Waals surface area contributed by atoms with Gasteiger partial charge >= 0.3 is 6.09 Å². The molecule has 0 aliphatic carbocycles. The molecule has 0 aromatic rings. The summed E-state index contributed by atoms with van der Waals surface area (Å²) in [5.41, 5.74) is 0. The number of ether oxygens (including phenoxy) is 1. The first-order valence-corrected chi connectivity index (χ1v) is 6.96. The number of nitrogens with zero attached hydrogens (tertiary/aromatic N) is 1. The molecule has 1 fully saturated rings. The smallest absolute Gasteiger partial charge is 0.407 e. The van der Waals surface area contributed by atoms with E-state index in [1.165, 1.54) is 6.42 Å². The zero-order valence-corrected chi connectivity index (χ0v) is 11.5. The van der Waals surface area contributed by atoms with E-state index in [1.54, 1.807) is 6.92 Å². The van der Waals surface area contributed by atoms with Gasteiger partial charge in [0.2, 0.25) is 0 Å². The average molecular weight is 258 g/mol. The minimum Gasteiger partial charge on any atom is -0.450 e. The maximum absolute atomic E-state index is 11.4. The Balaban J connectivity index is 2.46. The van der Waals surface area contributed by atoms with Crippen molar-refractivity contribution in [1.82, 2.24) is 10.2 Å². The molecule has 1 saturated heterocycles. The monoisotopic (exact) mass is 258 g/mol. The van der Waals surface area contributed by atoms with Crippen LogP contribution in [0.1, 0.15) is 33.1 Å². The van der Waals surface area contributed by atoms with E-state index in [-0.39, 0.29) is 18.7 Å². The summed E-state index contributed by atoms with van der Waals surface area (Å²) >= 11 is 0. The second-order valence-electron chi connectivity index (χ2n) is 4.94. The normalized spacial score (nSPS) is 24.8. The van der Waals surface area contributed by atoms with Crippen molar-refractivity contribution < 1.29 is 14.6 Å². The second kappa shape index (κ2) is 8.32. The van der Waals surface area contributed by atoms with Crippen LogP contribution >= 0.6 is 0 Å². The summed E-state index contributed by atoms with van der Waals surface area (Å²) in [5.74, 6) is 0.599. The molecular weight excluding hydrogens is 232 g/mol. The predicted octanol–water partition coefficient (Wildman–Crippen LogP) is 1.22. The van der Waals surface area contributed by atoms with Gasteiger partial charge in [-0.3, -0.25) is 4.90 Å². The SMILES string of the molecule is CCCC1CC(NC(=O)OCC)CN(CCO)C1. The summed E-state index contributed by atoms with van der Waals surface area (Å²) in [5, 5.41) is 11.9. The lowest BCUT2D eigenvalue weighted by molar-refractivity contribution is 0.101. The summed E-state index contributed by atoms with van der Waals surface area (Å²) in [6, 6.07) is 0.140. The van der Waals surface area contributed by atoms with Crippen molar-refractivity contribution in [3.05, 3.63) is 0 Å². The molecule has 106 valence electrons. The van der Waals surface area contributed by atoms with Gasteiger partial charge in [0.05, 0.1) is 13.2 Å². The van der Waals surface area contributed by atoms with Gasteiger partial charge in [0.1, 0.15) is 0 Å². The lowest BCUT2D eigenvalue weighted by Gasteiger charge is -2.37. The van der Waals surface area contributed by atoms with Gasteiger partial charge in [0, 0.05) is 25.7 Å². The Morgan fingerprint density at radius 3 is 2.83 bits per heavy atom. The fourth-order valence-corrected chi connectivity index (χ4v) is 2.69. The van der Waals surface area contributed by atoms with Gasteiger partial charge < -0.3 is 15.2 Å². The van der Waals surface area contributed by atoms with Gasteiger partial charge in [0.25, 0.3) is 0 Å². The number of hydrogen-bond donors (Lipinski definition) is 2. The van der Waals surface area contributed by atoms with Crippen LogP contribution in [0.15, 0.2) is 0 Å². The number of piperidine rings is 1. The maximum Gasteiger partial charge on any atom is 0.407 e. The molecule has 2 atom stereocenters. The standard InChI is InChI=1S/C13H26N2O3/c1-3-5-11-8-12(14-13(17)18-4-2)10-15(9-11)6-7-16/h11-12,16H,3-10H2,1-2H3,(H,14,17). The zero-order valence-electron chi connectivity index (χ0n) is 11.5. The Morgan fingerprint density at radius 1 is 1.44 bits per heavy atom. The average Bonchev–Trinajstić information content (AvgIpc) is 2.29. The summed E-state index contributed by atoms with van der Waals surface area (Å²) in [7, 11) is 0. The summed E-state index contributed by atoms with van der Waals surface area (Å²) in [6.07, 6.45) is 3.00. The number of hydrogen-bond acceptors (Lipinski definition) is 4. The number of alkyl carbamates (subject to hydrolysis) is 1. The maximum atomic E-state index is 11.4. The van der Waals surface area contributed by atoms with Gasteiger partial charge in [-0.15, -0.1) is 0 Å². The molecule has 1 aliphatic rings. The van der Waals surface area contributed by atoms with E-state index in [0.717, 1.165) is 25.9 Å². The Bertz CT molecular complexity index is 234. The highest BCUT2D eigenvalue weighted by atomic mass is 16.5. The van der Waals surface area contributed by atoms with Crippen LogP contribution in [-0.4, -0.2) is 55.0 Å². The second-order valence-corrected chi connectivity index (χ2v) is 4.94. The Kier molecular flexibility index (Phi) is 7.05. The molecule has 1 amide bonds. The first kappa shape index (κ1) is 15.2. The van der Waals surface area contributed by atoms with Crippen LogP contribution in [0.2, 0.25) is 0 Å². The number of carbonyl (C=O) groups excluding carboxylic acids is 1. The highest BCUT2D eigenvalue weighted by Gasteiger charge is 2.27. The van der Waals surface area contributed by atoms with Crippen molar-refractivity contribution in [3.63, 3.8) is 0 Å². The molecule has 1 rings (SSSR count). The number of aliphatic hydroxyl groups is 1. The quantitative estimate of drug-likeness (QED) is 0.752. The van der Waals surface area contributed by atoms with Gasteiger partial charge in [-0.2, -0.15) is 0 Å². The number of rotatable bonds is 6. The van der Waals surface area contributed by atoms with Crippen LogP contribution in [0.4, 0.5) is 4.79 Å². The molecule has 1 heterocycles. The molecule has 0 bridgehead atoms. The van der Waals surface area contributed by atoms with E-state index in [1.807, 2.05) is 0 Å². The number of β-amino-alcohol motifs (C(OH)–C–C–N with tert-alkyl or cyclic N) is 1. The van der Waals surface area contributed by atoms with Gasteiger partial charge in [-0.1, -0.05) is 13.3 Å². The van der Waals surface area contributed by atoms with Crippen molar-refractivity contribution in [2.75, 3.05) is 32.8 Å². The minimum atomic E-state index is -0.330. The molecule has 2 unspecified atom stereocenters. The lowest BCUT2D eigenvalue weighted by atomic mass is 9.90. The lowest BCUT2D eigenvalue weighted by Crippen LogP contribution is -2.51. The van der Waals surface area contributed by atoms with Gasteiger partial charge in [0.15, 0.2) is 0 Å². The number of aliphatic hydroxyl groups excluding tert-OH is 1. The Morgan fingerprint density at radius 2 is 2.22 bits per heavy atom. The summed E-state index contributed by atoms with van der Waals surface area (Å²) in [6.45, 7) is 7.07. The first-order chi connectivity index (χ1) is 8.69. The van der Waals surface area contributed by atoms with Crippen LogP contribution in [0, 0.1) is 5.92 Å². The number of carbonyl (C=O) groups is 1. The van der Waals surface area contributed by atoms with Gasteiger partial charge in [-0.05, 0) is 25.7 Å². The topological polar surface area (TPSA) is 61.8 Å². The molecule has 18 heavy (non-hydrogen) atoms. The van der Waals surface area contributed by atoms with Crippen LogP contribution in [0.3, 0.4) is 0 Å². The molecule has 0 aromatic carbocycles. The first-order valence-electron chi connectivity index (χ1n) is 6.96. The van der Waals surface area contributed by atoms with Crippen molar-refractivity contribution in [1.29, 1.82) is 0 Å². The van der Waals surface area contributed by atoms with E-state index in [4.69, 9.17) is 9.84 Å². The highest BCUT2D eigenvalue weighted by Crippen LogP contribution is 2.21. The molecule has 0 spiro atoms. The fourth-order valence-electron chi connectivity index (χ4n) is 2.69. The Labute approximate surface area is 109 Å². The molecule has 5 heteroatoms. The van der Waals surface area contributed by atoms with E-state index in [2.05, 4.69) is 17.1 Å². The van der Waals surface area contributed by atoms with Gasteiger partial charge in [-0.25, -0.2) is 4.79 Å². The van der Waals surface area contributed by atoms with Crippen LogP contribution in [0.5, 0.6) is 0 Å². The van der Waals surface area contributed by atoms with Crippen LogP contribution in [-0.2, 0) is 4.74 Å². The van der Waals surface area contributed by atoms with Crippen molar-refractivity contribution in [2.24, 2.45) is 5.92 Å². The predicted molar refractivity (Wildman–Crippen MR) is 70.5 cm³/mol. The number of nitrogens with one attached hydrogen (secondary N) is 1. The van der Waals surface area contributed by atoms with Crippen molar-refractivity contribution >= 4 is 6.09 Å². The fraction of sp³-hybridized carbons (Fsp3) is 0.923. The van der Waals surface area contributed by atoms with E-state index in [0.29, 0.717) is 19.1 Å². The number of likely N-dealkylation sites (tertiary alicyclic amines) is 1.